The monoisotopic (exact) mass is 471 g/mol. The fourth-order valence-corrected chi connectivity index (χ4v) is 3.98. The Hall–Kier alpha value is -3.15. The van der Waals surface area contributed by atoms with Crippen molar-refractivity contribution in [2.75, 3.05) is 25.0 Å². The van der Waals surface area contributed by atoms with Crippen molar-refractivity contribution in [3.05, 3.63) is 36.5 Å². The van der Waals surface area contributed by atoms with E-state index in [1.54, 1.807) is 22.7 Å². The number of hydrogen-bond acceptors (Lipinski definition) is 6. The van der Waals surface area contributed by atoms with Gasteiger partial charge in [-0.25, -0.2) is 0 Å². The summed E-state index contributed by atoms with van der Waals surface area (Å²) >= 11 is 0. The predicted molar refractivity (Wildman–Crippen MR) is 110 cm³/mol. The van der Waals surface area contributed by atoms with Gasteiger partial charge in [0.15, 0.2) is 0 Å². The number of likely N-dealkylation sites (N-methyl/N-ethyl adjacent to an activating group) is 1. The zero-order valence-electron chi connectivity index (χ0n) is 17.6. The van der Waals surface area contributed by atoms with Crippen LogP contribution in [0.25, 0.3) is 16.8 Å². The van der Waals surface area contributed by atoms with Crippen LogP contribution < -0.4 is 14.8 Å². The molecular weight excluding hydrogens is 449 g/mol. The van der Waals surface area contributed by atoms with Gasteiger partial charge < -0.3 is 19.7 Å². The standard InChI is InChI=1S/C21H22F5N5O2/c1-2-30-9-3-5-13(12-30)27-20-29-28-18(16-6-4-10-31(16)20)15-8-7-14(33-21(24,25)26)11-17(15)32-19(22)23/h4,6-8,10-11,13,19H,2-3,5,9,12H2,1H3,(H,27,29)/t13-/m1/s1. The summed E-state index contributed by atoms with van der Waals surface area (Å²) in [5.41, 5.74) is 0.764. The highest BCUT2D eigenvalue weighted by molar-refractivity contribution is 5.81. The van der Waals surface area contributed by atoms with Crippen molar-refractivity contribution in [2.45, 2.75) is 38.8 Å². The first-order chi connectivity index (χ1) is 15.7. The summed E-state index contributed by atoms with van der Waals surface area (Å²) in [5, 5.41) is 11.8. The summed E-state index contributed by atoms with van der Waals surface area (Å²) in [4.78, 5) is 2.33. The van der Waals surface area contributed by atoms with Crippen LogP contribution in [0, 0.1) is 0 Å². The van der Waals surface area contributed by atoms with E-state index < -0.39 is 24.5 Å². The summed E-state index contributed by atoms with van der Waals surface area (Å²) in [6.07, 6.45) is -1.22. The van der Waals surface area contributed by atoms with Gasteiger partial charge in [-0.1, -0.05) is 6.92 Å². The fraction of sp³-hybridized carbons (Fsp3) is 0.429. The molecule has 7 nitrogen and oxygen atoms in total. The number of rotatable bonds is 7. The summed E-state index contributed by atoms with van der Waals surface area (Å²) in [5.74, 6) is -0.705. The molecule has 1 fully saturated rings. The van der Waals surface area contributed by atoms with Crippen molar-refractivity contribution in [2.24, 2.45) is 0 Å². The lowest BCUT2D eigenvalue weighted by Gasteiger charge is -2.32. The number of aromatic nitrogens is 3. The first-order valence-corrected chi connectivity index (χ1v) is 10.4. The van der Waals surface area contributed by atoms with Gasteiger partial charge in [0.25, 0.3) is 0 Å². The minimum Gasteiger partial charge on any atom is -0.434 e. The number of piperidine rings is 1. The Kier molecular flexibility index (Phi) is 6.54. The third-order valence-electron chi connectivity index (χ3n) is 5.41. The number of fused-ring (bicyclic) bond motifs is 1. The lowest BCUT2D eigenvalue weighted by molar-refractivity contribution is -0.274. The van der Waals surface area contributed by atoms with Crippen molar-refractivity contribution in [3.8, 4) is 22.8 Å². The molecule has 1 saturated heterocycles. The van der Waals surface area contributed by atoms with Gasteiger partial charge in [-0.05, 0) is 50.2 Å². The number of nitrogens with one attached hydrogen (secondary N) is 1. The van der Waals surface area contributed by atoms with E-state index in [-0.39, 0.29) is 17.3 Å². The number of likely N-dealkylation sites (tertiary alicyclic amines) is 1. The fourth-order valence-electron chi connectivity index (χ4n) is 3.98. The SMILES string of the molecule is CCN1CCC[C@@H](Nc2nnc(-c3ccc(OC(F)(F)F)cc3OC(F)F)c3cccn23)C1. The number of benzene rings is 1. The molecule has 0 unspecified atom stereocenters. The Morgan fingerprint density at radius 3 is 2.76 bits per heavy atom. The highest BCUT2D eigenvalue weighted by Crippen LogP contribution is 2.37. The maximum atomic E-state index is 13.0. The molecule has 0 radical (unpaired) electrons. The number of ether oxygens (including phenoxy) is 2. The Balaban J connectivity index is 1.69. The normalized spacial score (nSPS) is 17.5. The highest BCUT2D eigenvalue weighted by atomic mass is 19.4. The first-order valence-electron chi connectivity index (χ1n) is 10.4. The molecule has 2 aromatic heterocycles. The molecule has 3 heterocycles. The molecule has 3 aromatic rings. The maximum Gasteiger partial charge on any atom is 0.573 e. The van der Waals surface area contributed by atoms with E-state index in [4.69, 9.17) is 0 Å². The van der Waals surface area contributed by atoms with Gasteiger partial charge in [-0.2, -0.15) is 8.78 Å². The number of nitrogens with zero attached hydrogens (tertiary/aromatic N) is 4. The lowest BCUT2D eigenvalue weighted by Crippen LogP contribution is -2.42. The molecule has 33 heavy (non-hydrogen) atoms. The molecule has 1 aliphatic rings. The van der Waals surface area contributed by atoms with Crippen LogP contribution in [0.1, 0.15) is 19.8 Å². The van der Waals surface area contributed by atoms with E-state index in [1.165, 1.54) is 6.07 Å². The summed E-state index contributed by atoms with van der Waals surface area (Å²) in [6, 6.07) is 6.56. The number of alkyl halides is 5. The van der Waals surface area contributed by atoms with E-state index in [1.807, 2.05) is 0 Å². The van der Waals surface area contributed by atoms with E-state index in [9.17, 15) is 22.0 Å². The number of anilines is 1. The van der Waals surface area contributed by atoms with Crippen LogP contribution in [0.2, 0.25) is 0 Å². The molecule has 0 spiro atoms. The molecule has 1 N–H and O–H groups in total. The van der Waals surface area contributed by atoms with Crippen molar-refractivity contribution < 1.29 is 31.4 Å². The van der Waals surface area contributed by atoms with Crippen molar-refractivity contribution >= 4 is 11.5 Å². The van der Waals surface area contributed by atoms with Crippen LogP contribution in [-0.4, -0.2) is 58.1 Å². The maximum absolute atomic E-state index is 13.0. The lowest BCUT2D eigenvalue weighted by atomic mass is 10.1. The average molecular weight is 471 g/mol. The largest absolute Gasteiger partial charge is 0.573 e. The van der Waals surface area contributed by atoms with Gasteiger partial charge >= 0.3 is 13.0 Å². The Bertz CT molecular complexity index is 1100. The molecule has 0 saturated carbocycles. The minimum absolute atomic E-state index is 0.0578. The van der Waals surface area contributed by atoms with E-state index >= 15 is 0 Å². The Morgan fingerprint density at radius 1 is 1.21 bits per heavy atom. The minimum atomic E-state index is -4.97. The second-order valence-corrected chi connectivity index (χ2v) is 7.60. The quantitative estimate of drug-likeness (QED) is 0.500. The van der Waals surface area contributed by atoms with Gasteiger partial charge in [-0.3, -0.25) is 4.40 Å². The molecule has 178 valence electrons. The second-order valence-electron chi connectivity index (χ2n) is 7.60. The molecule has 1 aromatic carbocycles. The zero-order chi connectivity index (χ0) is 23.6. The molecule has 12 heteroatoms. The zero-order valence-corrected chi connectivity index (χ0v) is 17.6. The average Bonchev–Trinajstić information content (AvgIpc) is 3.24. The second kappa shape index (κ2) is 9.38. The molecule has 1 atom stereocenters. The van der Waals surface area contributed by atoms with Gasteiger partial charge in [0.2, 0.25) is 5.95 Å². The van der Waals surface area contributed by atoms with Crippen LogP contribution in [-0.2, 0) is 0 Å². The Labute approximate surface area is 186 Å². The summed E-state index contributed by atoms with van der Waals surface area (Å²) in [6.45, 7) is 1.69. The summed E-state index contributed by atoms with van der Waals surface area (Å²) in [7, 11) is 0. The van der Waals surface area contributed by atoms with Gasteiger partial charge in [0.1, 0.15) is 17.2 Å². The van der Waals surface area contributed by atoms with Gasteiger partial charge in [-0.15, -0.1) is 23.4 Å². The topological polar surface area (TPSA) is 63.9 Å². The van der Waals surface area contributed by atoms with Crippen LogP contribution in [0.15, 0.2) is 36.5 Å². The third-order valence-corrected chi connectivity index (χ3v) is 5.41. The van der Waals surface area contributed by atoms with Crippen molar-refractivity contribution in [1.29, 1.82) is 0 Å². The van der Waals surface area contributed by atoms with Crippen LogP contribution in [0.5, 0.6) is 11.5 Å². The van der Waals surface area contributed by atoms with Gasteiger partial charge in [0.05, 0.1) is 5.52 Å². The highest BCUT2D eigenvalue weighted by Gasteiger charge is 2.32. The molecule has 0 aliphatic carbocycles. The third kappa shape index (κ3) is 5.44. The Morgan fingerprint density at radius 2 is 2.03 bits per heavy atom. The van der Waals surface area contributed by atoms with Crippen molar-refractivity contribution in [3.63, 3.8) is 0 Å². The molecule has 4 rings (SSSR count). The van der Waals surface area contributed by atoms with Crippen LogP contribution >= 0.6 is 0 Å². The number of halogens is 5. The van der Waals surface area contributed by atoms with E-state index in [0.29, 0.717) is 11.5 Å². The smallest absolute Gasteiger partial charge is 0.434 e. The molecular formula is C21H22F5N5O2. The first kappa shape index (κ1) is 23.0. The van der Waals surface area contributed by atoms with Crippen molar-refractivity contribution in [1.82, 2.24) is 19.5 Å². The molecule has 1 aliphatic heterocycles. The predicted octanol–water partition coefficient (Wildman–Crippen LogP) is 4.79. The number of hydrogen-bond donors (Lipinski definition) is 1. The summed E-state index contributed by atoms with van der Waals surface area (Å²) < 4.78 is 73.7. The van der Waals surface area contributed by atoms with E-state index in [0.717, 1.165) is 44.6 Å². The van der Waals surface area contributed by atoms with Crippen LogP contribution in [0.4, 0.5) is 27.9 Å². The molecule has 0 amide bonds. The van der Waals surface area contributed by atoms with E-state index in [2.05, 4.69) is 36.8 Å². The van der Waals surface area contributed by atoms with Gasteiger partial charge in [0, 0.05) is 30.4 Å². The molecule has 0 bridgehead atoms. The van der Waals surface area contributed by atoms with Crippen LogP contribution in [0.3, 0.4) is 0 Å².